The minimum atomic E-state index is -0.376. The summed E-state index contributed by atoms with van der Waals surface area (Å²) in [6.07, 6.45) is 26.1. The Balaban J connectivity index is 4.15. The van der Waals surface area contributed by atoms with E-state index >= 15 is 0 Å². The molecule has 0 saturated heterocycles. The summed E-state index contributed by atoms with van der Waals surface area (Å²) in [6, 6.07) is 0. The average Bonchev–Trinajstić information content (AvgIpc) is 3.05. The number of nitrogens with zero attached hydrogens (tertiary/aromatic N) is 1. The molecule has 0 spiro atoms. The van der Waals surface area contributed by atoms with Crippen LogP contribution in [0.5, 0.6) is 0 Å². The van der Waals surface area contributed by atoms with Crippen molar-refractivity contribution in [2.45, 2.75) is 187 Å². The molecule has 0 aliphatic heterocycles. The third-order valence-corrected chi connectivity index (χ3v) is 8.58. The lowest BCUT2D eigenvalue weighted by molar-refractivity contribution is -0.150. The van der Waals surface area contributed by atoms with Crippen molar-refractivity contribution in [3.05, 3.63) is 0 Å². The number of hydrogen-bond donors (Lipinski definition) is 1. The summed E-state index contributed by atoms with van der Waals surface area (Å²) in [5.74, 6) is -0.0646. The summed E-state index contributed by atoms with van der Waals surface area (Å²) in [6.45, 7) is 10.6. The molecule has 1 N–H and O–H groups in total. The number of ether oxygens (including phenoxy) is 3. The van der Waals surface area contributed by atoms with E-state index in [9.17, 15) is 14.4 Å². The van der Waals surface area contributed by atoms with Gasteiger partial charge in [-0.1, -0.05) is 111 Å². The van der Waals surface area contributed by atoms with E-state index in [1.54, 1.807) is 7.05 Å². The van der Waals surface area contributed by atoms with Crippen molar-refractivity contribution in [2.75, 3.05) is 39.9 Å². The fourth-order valence-corrected chi connectivity index (χ4v) is 5.66. The van der Waals surface area contributed by atoms with Crippen LogP contribution in [-0.4, -0.2) is 68.9 Å². The molecular formula is C38H74N2O6. The molecule has 272 valence electrons. The molecule has 0 aromatic heterocycles. The highest BCUT2D eigenvalue weighted by Crippen LogP contribution is 2.16. The fourth-order valence-electron chi connectivity index (χ4n) is 5.66. The predicted molar refractivity (Wildman–Crippen MR) is 190 cm³/mol. The van der Waals surface area contributed by atoms with Crippen molar-refractivity contribution >= 4 is 18.0 Å². The average molecular weight is 655 g/mol. The van der Waals surface area contributed by atoms with E-state index in [2.05, 4.69) is 31.0 Å². The van der Waals surface area contributed by atoms with Gasteiger partial charge in [0.1, 0.15) is 6.10 Å². The molecule has 0 aliphatic carbocycles. The molecule has 0 saturated carbocycles. The van der Waals surface area contributed by atoms with Gasteiger partial charge < -0.3 is 24.4 Å². The molecule has 8 heteroatoms. The quantitative estimate of drug-likeness (QED) is 0.0419. The van der Waals surface area contributed by atoms with Gasteiger partial charge in [0.15, 0.2) is 0 Å². The number of carbonyl (C=O) groups is 3. The lowest BCUT2D eigenvalue weighted by atomic mass is 10.1. The molecule has 0 aromatic carbocycles. The minimum absolute atomic E-state index is 0.0177. The first-order valence-corrected chi connectivity index (χ1v) is 19.4. The van der Waals surface area contributed by atoms with Gasteiger partial charge in [0.05, 0.1) is 13.2 Å². The molecule has 0 heterocycles. The fraction of sp³-hybridized carbons (Fsp3) is 0.921. The van der Waals surface area contributed by atoms with Gasteiger partial charge in [-0.2, -0.15) is 0 Å². The molecule has 0 radical (unpaired) electrons. The number of carbonyl (C=O) groups excluding carboxylic acids is 3. The van der Waals surface area contributed by atoms with Crippen molar-refractivity contribution in [1.82, 2.24) is 10.2 Å². The van der Waals surface area contributed by atoms with E-state index in [0.29, 0.717) is 26.1 Å². The molecule has 0 bridgehead atoms. The first kappa shape index (κ1) is 44.2. The molecule has 1 unspecified atom stereocenters. The maximum absolute atomic E-state index is 12.4. The summed E-state index contributed by atoms with van der Waals surface area (Å²) >= 11 is 0. The number of esters is 2. The Labute approximate surface area is 283 Å². The maximum atomic E-state index is 12.4. The van der Waals surface area contributed by atoms with Crippen LogP contribution in [0.25, 0.3) is 0 Å². The van der Waals surface area contributed by atoms with Gasteiger partial charge in [-0.05, 0) is 70.9 Å². The lowest BCUT2D eigenvalue weighted by Crippen LogP contribution is -2.29. The van der Waals surface area contributed by atoms with Crippen LogP contribution in [-0.2, 0) is 23.8 Å². The van der Waals surface area contributed by atoms with Crippen LogP contribution in [0.2, 0.25) is 0 Å². The Morgan fingerprint density at radius 2 is 1.00 bits per heavy atom. The Morgan fingerprint density at radius 1 is 0.522 bits per heavy atom. The highest BCUT2D eigenvalue weighted by atomic mass is 16.6. The highest BCUT2D eigenvalue weighted by Gasteiger charge is 2.14. The predicted octanol–water partition coefficient (Wildman–Crippen LogP) is 9.91. The van der Waals surface area contributed by atoms with Gasteiger partial charge in [-0.25, -0.2) is 4.79 Å². The maximum Gasteiger partial charge on any atom is 0.406 e. The third kappa shape index (κ3) is 30.8. The summed E-state index contributed by atoms with van der Waals surface area (Å²) < 4.78 is 16.4. The van der Waals surface area contributed by atoms with Crippen LogP contribution in [0.1, 0.15) is 181 Å². The zero-order valence-corrected chi connectivity index (χ0v) is 30.7. The minimum Gasteiger partial charge on any atom is -0.466 e. The molecule has 0 rings (SSSR count). The Hall–Kier alpha value is -1.83. The second-order valence-corrected chi connectivity index (χ2v) is 13.0. The van der Waals surface area contributed by atoms with E-state index in [1.807, 2.05) is 0 Å². The van der Waals surface area contributed by atoms with Crippen molar-refractivity contribution < 1.29 is 28.6 Å². The Bertz CT molecular complexity index is 705. The molecule has 46 heavy (non-hydrogen) atoms. The van der Waals surface area contributed by atoms with Gasteiger partial charge in [0.25, 0.3) is 0 Å². The summed E-state index contributed by atoms with van der Waals surface area (Å²) in [5.41, 5.74) is 0. The van der Waals surface area contributed by atoms with Gasteiger partial charge in [0, 0.05) is 26.4 Å². The molecule has 0 fully saturated rings. The van der Waals surface area contributed by atoms with Crippen molar-refractivity contribution in [1.29, 1.82) is 0 Å². The largest absolute Gasteiger partial charge is 0.466 e. The Kier molecular flexibility index (Phi) is 33.1. The lowest BCUT2D eigenvalue weighted by Gasteiger charge is -2.22. The second kappa shape index (κ2) is 34.5. The van der Waals surface area contributed by atoms with E-state index in [4.69, 9.17) is 14.2 Å². The number of nitrogens with one attached hydrogen (secondary N) is 1. The zero-order valence-electron chi connectivity index (χ0n) is 30.7. The van der Waals surface area contributed by atoms with Crippen molar-refractivity contribution in [2.24, 2.45) is 0 Å². The van der Waals surface area contributed by atoms with Crippen LogP contribution in [0, 0.1) is 0 Å². The molecule has 0 aliphatic rings. The van der Waals surface area contributed by atoms with E-state index in [0.717, 1.165) is 135 Å². The molecule has 8 nitrogen and oxygen atoms in total. The Morgan fingerprint density at radius 3 is 1.63 bits per heavy atom. The molecule has 1 amide bonds. The standard InChI is InChI=1S/C38H74N2O6/c1-5-8-11-18-24-33-44-36(41)28-20-14-12-16-22-30-40(32-25-34-45-38(43)39-4)31-23-17-13-15-21-29-37(42)46-35(26-10-7-3)27-19-9-6-2/h35H,5-34H2,1-4H3,(H,39,43). The van der Waals surface area contributed by atoms with Crippen LogP contribution in [0.3, 0.4) is 0 Å². The molecular weight excluding hydrogens is 580 g/mol. The van der Waals surface area contributed by atoms with Crippen molar-refractivity contribution in [3.8, 4) is 0 Å². The van der Waals surface area contributed by atoms with Crippen molar-refractivity contribution in [3.63, 3.8) is 0 Å². The normalized spacial score (nSPS) is 11.8. The van der Waals surface area contributed by atoms with Gasteiger partial charge in [-0.3, -0.25) is 9.59 Å². The van der Waals surface area contributed by atoms with Gasteiger partial charge in [0.2, 0.25) is 0 Å². The number of rotatable bonds is 34. The smallest absolute Gasteiger partial charge is 0.406 e. The number of unbranched alkanes of at least 4 members (excludes halogenated alkanes) is 15. The molecule has 0 aromatic rings. The van der Waals surface area contributed by atoms with E-state index in [1.165, 1.54) is 32.1 Å². The topological polar surface area (TPSA) is 94.2 Å². The highest BCUT2D eigenvalue weighted by molar-refractivity contribution is 5.69. The van der Waals surface area contributed by atoms with Gasteiger partial charge >= 0.3 is 18.0 Å². The number of amides is 1. The first-order chi connectivity index (χ1) is 22.5. The number of alkyl carbamates (subject to hydrolysis) is 1. The van der Waals surface area contributed by atoms with Crippen LogP contribution in [0.4, 0.5) is 4.79 Å². The van der Waals surface area contributed by atoms with E-state index in [-0.39, 0.29) is 24.1 Å². The first-order valence-electron chi connectivity index (χ1n) is 19.4. The van der Waals surface area contributed by atoms with Crippen LogP contribution in [0.15, 0.2) is 0 Å². The third-order valence-electron chi connectivity index (χ3n) is 8.58. The van der Waals surface area contributed by atoms with Crippen LogP contribution < -0.4 is 5.32 Å². The van der Waals surface area contributed by atoms with Gasteiger partial charge in [-0.15, -0.1) is 0 Å². The van der Waals surface area contributed by atoms with Crippen LogP contribution >= 0.6 is 0 Å². The second-order valence-electron chi connectivity index (χ2n) is 13.0. The molecule has 1 atom stereocenters. The van der Waals surface area contributed by atoms with E-state index < -0.39 is 0 Å². The zero-order chi connectivity index (χ0) is 33.9. The summed E-state index contributed by atoms with van der Waals surface area (Å²) in [4.78, 5) is 38.2. The number of hydrogen-bond acceptors (Lipinski definition) is 7. The summed E-state index contributed by atoms with van der Waals surface area (Å²) in [7, 11) is 1.58. The SMILES string of the molecule is CCCCCCCOC(=O)CCCCCCCN(CCCCCCCC(=O)OC(CCCC)CCCCC)CCCOC(=O)NC. The summed E-state index contributed by atoms with van der Waals surface area (Å²) in [5, 5.41) is 2.50. The monoisotopic (exact) mass is 655 g/mol.